The summed E-state index contributed by atoms with van der Waals surface area (Å²) in [7, 11) is 0. The molecule has 94 valence electrons. The Hall–Kier alpha value is -0.570. The molecule has 17 heavy (non-hydrogen) atoms. The molecule has 0 spiro atoms. The smallest absolute Gasteiger partial charge is 0.274 e. The average molecular weight is 251 g/mol. The second-order valence-electron chi connectivity index (χ2n) is 6.40. The minimum atomic E-state index is 0.0662. The van der Waals surface area contributed by atoms with Crippen LogP contribution in [0.1, 0.15) is 45.8 Å². The van der Waals surface area contributed by atoms with E-state index < -0.39 is 0 Å². The first-order valence-electron chi connectivity index (χ1n) is 6.54. The molecule has 0 N–H and O–H groups in total. The molecule has 2 aliphatic rings. The lowest BCUT2D eigenvalue weighted by Gasteiger charge is -2.44. The predicted octanol–water partition coefficient (Wildman–Crippen LogP) is 3.77. The molecule has 1 heterocycles. The van der Waals surface area contributed by atoms with Crippen LogP contribution in [0.2, 0.25) is 0 Å². The highest BCUT2D eigenvalue weighted by Gasteiger charge is 2.60. The van der Waals surface area contributed by atoms with Gasteiger partial charge in [0.25, 0.3) is 4.87 Å². The highest BCUT2D eigenvalue weighted by Crippen LogP contribution is 2.62. The number of hydrogen-bond donors (Lipinski definition) is 0. The first-order valence-corrected chi connectivity index (χ1v) is 7.42. The van der Waals surface area contributed by atoms with Gasteiger partial charge in [0, 0.05) is 5.38 Å². The van der Waals surface area contributed by atoms with E-state index in [1.807, 2.05) is 12.3 Å². The molecule has 3 rings (SSSR count). The van der Waals surface area contributed by atoms with Crippen LogP contribution in [0.4, 0.5) is 0 Å². The normalized spacial score (nSPS) is 40.1. The Morgan fingerprint density at radius 1 is 1.29 bits per heavy atom. The van der Waals surface area contributed by atoms with Crippen LogP contribution in [0.3, 0.4) is 0 Å². The van der Waals surface area contributed by atoms with E-state index in [0.717, 1.165) is 22.5 Å². The molecule has 0 aliphatic heterocycles. The fourth-order valence-corrected chi connectivity index (χ4v) is 4.62. The standard InChI is InChI=1S/C14H21NOS/c1-9-8-17-12(16-9)15-14(4)11-6-5-10(7-11)13(14,2)3/h8,10-11H,5-7H2,1-4H3/t10-,11+,14-/m0/s1. The van der Waals surface area contributed by atoms with Gasteiger partial charge in [-0.05, 0) is 50.4 Å². The molecule has 0 unspecified atom stereocenters. The Balaban J connectivity index is 2.07. The highest BCUT2D eigenvalue weighted by molar-refractivity contribution is 7.06. The summed E-state index contributed by atoms with van der Waals surface area (Å²) in [6.07, 6.45) is 4.10. The zero-order valence-corrected chi connectivity index (χ0v) is 11.9. The van der Waals surface area contributed by atoms with Crippen molar-refractivity contribution in [3.05, 3.63) is 16.0 Å². The van der Waals surface area contributed by atoms with Crippen molar-refractivity contribution in [1.82, 2.24) is 0 Å². The maximum absolute atomic E-state index is 5.66. The van der Waals surface area contributed by atoms with Crippen LogP contribution in [-0.4, -0.2) is 5.54 Å². The largest absolute Gasteiger partial charge is 0.435 e. The van der Waals surface area contributed by atoms with E-state index in [1.165, 1.54) is 19.3 Å². The lowest BCUT2D eigenvalue weighted by Crippen LogP contribution is -2.46. The second kappa shape index (κ2) is 3.47. The minimum Gasteiger partial charge on any atom is -0.435 e. The second-order valence-corrected chi connectivity index (χ2v) is 7.22. The zero-order valence-electron chi connectivity index (χ0n) is 11.1. The number of rotatable bonds is 1. The van der Waals surface area contributed by atoms with Crippen LogP contribution in [0.5, 0.6) is 0 Å². The van der Waals surface area contributed by atoms with Crippen molar-refractivity contribution in [2.24, 2.45) is 22.2 Å². The van der Waals surface area contributed by atoms with Crippen molar-refractivity contribution in [3.63, 3.8) is 0 Å². The summed E-state index contributed by atoms with van der Waals surface area (Å²) < 4.78 is 5.66. The van der Waals surface area contributed by atoms with E-state index in [-0.39, 0.29) is 5.54 Å². The van der Waals surface area contributed by atoms with Gasteiger partial charge in [-0.15, -0.1) is 0 Å². The summed E-state index contributed by atoms with van der Waals surface area (Å²) in [5.74, 6) is 2.57. The Morgan fingerprint density at radius 2 is 2.00 bits per heavy atom. The van der Waals surface area contributed by atoms with Gasteiger partial charge < -0.3 is 4.42 Å². The molecule has 2 bridgehead atoms. The molecule has 0 radical (unpaired) electrons. The molecule has 3 heteroatoms. The van der Waals surface area contributed by atoms with Crippen LogP contribution >= 0.6 is 11.3 Å². The van der Waals surface area contributed by atoms with Crippen molar-refractivity contribution >= 4 is 11.3 Å². The molecule has 0 amide bonds. The van der Waals surface area contributed by atoms with E-state index in [0.29, 0.717) is 5.41 Å². The molecule has 3 atom stereocenters. The van der Waals surface area contributed by atoms with Gasteiger partial charge in [-0.3, -0.25) is 0 Å². The quantitative estimate of drug-likeness (QED) is 0.746. The van der Waals surface area contributed by atoms with Crippen molar-refractivity contribution < 1.29 is 4.42 Å². The third-order valence-corrected chi connectivity index (χ3v) is 6.28. The van der Waals surface area contributed by atoms with Gasteiger partial charge in [0.2, 0.25) is 0 Å². The number of nitrogens with zero attached hydrogens (tertiary/aromatic N) is 1. The SMILES string of the molecule is Cc1csc(=N[C@@]2(C)[C@@H]3CC[C@@H](C3)C2(C)C)o1. The van der Waals surface area contributed by atoms with Crippen molar-refractivity contribution in [1.29, 1.82) is 0 Å². The van der Waals surface area contributed by atoms with Crippen LogP contribution in [0.25, 0.3) is 0 Å². The maximum Gasteiger partial charge on any atom is 0.274 e. The molecule has 2 saturated carbocycles. The van der Waals surface area contributed by atoms with E-state index in [2.05, 4.69) is 20.8 Å². The van der Waals surface area contributed by atoms with Gasteiger partial charge in [0.15, 0.2) is 0 Å². The number of hydrogen-bond acceptors (Lipinski definition) is 3. The monoisotopic (exact) mass is 251 g/mol. The molecular weight excluding hydrogens is 230 g/mol. The maximum atomic E-state index is 5.66. The summed E-state index contributed by atoms with van der Waals surface area (Å²) >= 11 is 1.63. The lowest BCUT2D eigenvalue weighted by atomic mass is 9.64. The summed E-state index contributed by atoms with van der Waals surface area (Å²) in [5, 5.41) is 2.04. The van der Waals surface area contributed by atoms with E-state index in [1.54, 1.807) is 11.3 Å². The van der Waals surface area contributed by atoms with Gasteiger partial charge in [-0.1, -0.05) is 25.2 Å². The summed E-state index contributed by atoms with van der Waals surface area (Å²) in [4.78, 5) is 5.85. The lowest BCUT2D eigenvalue weighted by molar-refractivity contribution is 0.0979. The number of fused-ring (bicyclic) bond motifs is 2. The zero-order chi connectivity index (χ0) is 12.3. The van der Waals surface area contributed by atoms with Gasteiger partial charge in [0.1, 0.15) is 5.76 Å². The van der Waals surface area contributed by atoms with Crippen LogP contribution < -0.4 is 4.87 Å². The molecule has 0 saturated heterocycles. The Labute approximate surface area is 107 Å². The van der Waals surface area contributed by atoms with E-state index >= 15 is 0 Å². The first-order chi connectivity index (χ1) is 7.93. The Morgan fingerprint density at radius 3 is 2.53 bits per heavy atom. The molecule has 0 aromatic carbocycles. The molecule has 2 aliphatic carbocycles. The van der Waals surface area contributed by atoms with Gasteiger partial charge in [-0.25, -0.2) is 4.99 Å². The summed E-state index contributed by atoms with van der Waals surface area (Å²) in [5.41, 5.74) is 0.375. The molecule has 1 aromatic heterocycles. The third kappa shape index (κ3) is 1.48. The van der Waals surface area contributed by atoms with Crippen LogP contribution in [0.15, 0.2) is 14.8 Å². The third-order valence-electron chi connectivity index (χ3n) is 5.45. The van der Waals surface area contributed by atoms with Crippen molar-refractivity contribution in [2.75, 3.05) is 0 Å². The molecular formula is C14H21NOS. The molecule has 1 aromatic rings. The van der Waals surface area contributed by atoms with Gasteiger partial charge in [-0.2, -0.15) is 0 Å². The summed E-state index contributed by atoms with van der Waals surface area (Å²) in [6.45, 7) is 9.10. The van der Waals surface area contributed by atoms with Crippen molar-refractivity contribution in [3.8, 4) is 0 Å². The van der Waals surface area contributed by atoms with E-state index in [4.69, 9.17) is 9.41 Å². The molecule has 2 fully saturated rings. The summed E-state index contributed by atoms with van der Waals surface area (Å²) in [6, 6.07) is 0. The Kier molecular flexibility index (Phi) is 2.35. The topological polar surface area (TPSA) is 25.5 Å². The number of aryl methyl sites for hydroxylation is 1. The van der Waals surface area contributed by atoms with E-state index in [9.17, 15) is 0 Å². The van der Waals surface area contributed by atoms with Gasteiger partial charge in [0.05, 0.1) is 5.54 Å². The fourth-order valence-electron chi connectivity index (χ4n) is 3.88. The minimum absolute atomic E-state index is 0.0662. The van der Waals surface area contributed by atoms with Crippen LogP contribution in [-0.2, 0) is 0 Å². The van der Waals surface area contributed by atoms with Gasteiger partial charge >= 0.3 is 0 Å². The average Bonchev–Trinajstić information content (AvgIpc) is 2.88. The first kappa shape index (κ1) is 11.5. The fraction of sp³-hybridized carbons (Fsp3) is 0.786. The Bertz CT molecular complexity index is 498. The molecule has 2 nitrogen and oxygen atoms in total. The van der Waals surface area contributed by atoms with Crippen molar-refractivity contribution in [2.45, 2.75) is 52.5 Å². The van der Waals surface area contributed by atoms with Crippen LogP contribution in [0, 0.1) is 24.2 Å². The predicted molar refractivity (Wildman–Crippen MR) is 69.9 cm³/mol. The highest BCUT2D eigenvalue weighted by atomic mass is 32.1.